The SMILES string of the molecule is CC[N+]1(CC(C)C)N=CC=C1c1nnc(C)o1. The molecule has 17 heavy (non-hydrogen) atoms. The van der Waals surface area contributed by atoms with Crippen LogP contribution in [0.4, 0.5) is 0 Å². The molecule has 1 unspecified atom stereocenters. The van der Waals surface area contributed by atoms with Crippen molar-refractivity contribution in [2.45, 2.75) is 27.7 Å². The fraction of sp³-hybridized carbons (Fsp3) is 0.583. The zero-order valence-corrected chi connectivity index (χ0v) is 10.8. The third-order valence-electron chi connectivity index (χ3n) is 2.90. The Morgan fingerprint density at radius 2 is 2.12 bits per heavy atom. The van der Waals surface area contributed by atoms with Crippen LogP contribution in [0.1, 0.15) is 32.6 Å². The minimum absolute atomic E-state index is 0.553. The van der Waals surface area contributed by atoms with Gasteiger partial charge in [0.25, 0.3) is 0 Å². The lowest BCUT2D eigenvalue weighted by Crippen LogP contribution is -2.42. The predicted octanol–water partition coefficient (Wildman–Crippen LogP) is 2.21. The van der Waals surface area contributed by atoms with E-state index in [4.69, 9.17) is 4.42 Å². The first-order chi connectivity index (χ1) is 8.07. The van der Waals surface area contributed by atoms with E-state index >= 15 is 0 Å². The second-order valence-electron chi connectivity index (χ2n) is 4.76. The maximum Gasteiger partial charge on any atom is 0.305 e. The summed E-state index contributed by atoms with van der Waals surface area (Å²) >= 11 is 0. The van der Waals surface area contributed by atoms with Crippen LogP contribution in [-0.4, -0.2) is 34.1 Å². The highest BCUT2D eigenvalue weighted by Crippen LogP contribution is 2.31. The zero-order valence-electron chi connectivity index (χ0n) is 10.8. The quantitative estimate of drug-likeness (QED) is 0.752. The van der Waals surface area contributed by atoms with Crippen molar-refractivity contribution >= 4 is 11.9 Å². The normalized spacial score (nSPS) is 23.5. The van der Waals surface area contributed by atoms with Gasteiger partial charge in [0.15, 0.2) is 0 Å². The Balaban J connectivity index is 2.34. The molecule has 0 N–H and O–H groups in total. The first-order valence-corrected chi connectivity index (χ1v) is 6.01. The molecule has 5 nitrogen and oxygen atoms in total. The average Bonchev–Trinajstić information content (AvgIpc) is 2.84. The van der Waals surface area contributed by atoms with E-state index < -0.39 is 0 Å². The van der Waals surface area contributed by atoms with Crippen LogP contribution in [0, 0.1) is 12.8 Å². The molecule has 1 aromatic heterocycles. The second-order valence-corrected chi connectivity index (χ2v) is 4.76. The fourth-order valence-corrected chi connectivity index (χ4v) is 2.21. The van der Waals surface area contributed by atoms with Crippen LogP contribution >= 0.6 is 0 Å². The van der Waals surface area contributed by atoms with E-state index in [2.05, 4.69) is 36.1 Å². The van der Waals surface area contributed by atoms with E-state index in [0.29, 0.717) is 22.3 Å². The van der Waals surface area contributed by atoms with Crippen molar-refractivity contribution in [2.24, 2.45) is 11.0 Å². The number of quaternary nitrogens is 1. The Labute approximate surface area is 101 Å². The molecule has 2 heterocycles. The highest BCUT2D eigenvalue weighted by atomic mass is 16.4. The van der Waals surface area contributed by atoms with E-state index in [9.17, 15) is 0 Å². The minimum atomic E-state index is 0.553. The molecule has 0 fully saturated rings. The van der Waals surface area contributed by atoms with Crippen LogP contribution in [0.2, 0.25) is 0 Å². The van der Waals surface area contributed by atoms with Crippen LogP contribution in [0.5, 0.6) is 0 Å². The van der Waals surface area contributed by atoms with E-state index in [1.165, 1.54) is 0 Å². The number of allylic oxidation sites excluding steroid dienone is 1. The number of nitrogens with zero attached hydrogens (tertiary/aromatic N) is 4. The van der Waals surface area contributed by atoms with Gasteiger partial charge in [-0.3, -0.25) is 0 Å². The van der Waals surface area contributed by atoms with Crippen molar-refractivity contribution in [3.63, 3.8) is 0 Å². The smallest absolute Gasteiger partial charge is 0.305 e. The van der Waals surface area contributed by atoms with Crippen LogP contribution in [0.25, 0.3) is 5.70 Å². The monoisotopic (exact) mass is 235 g/mol. The van der Waals surface area contributed by atoms with Crippen molar-refractivity contribution in [2.75, 3.05) is 13.1 Å². The molecule has 0 saturated heterocycles. The van der Waals surface area contributed by atoms with Crippen LogP contribution in [0.3, 0.4) is 0 Å². The van der Waals surface area contributed by atoms with Gasteiger partial charge in [-0.2, -0.15) is 4.59 Å². The van der Waals surface area contributed by atoms with Gasteiger partial charge in [0.05, 0.1) is 6.21 Å². The van der Waals surface area contributed by atoms with E-state index in [0.717, 1.165) is 18.8 Å². The lowest BCUT2D eigenvalue weighted by Gasteiger charge is -2.29. The number of rotatable bonds is 4. The molecule has 0 amide bonds. The number of aryl methyl sites for hydroxylation is 1. The van der Waals surface area contributed by atoms with E-state index in [-0.39, 0.29) is 0 Å². The van der Waals surface area contributed by atoms with Crippen molar-refractivity contribution in [1.29, 1.82) is 0 Å². The topological polar surface area (TPSA) is 51.3 Å². The average molecular weight is 235 g/mol. The largest absolute Gasteiger partial charge is 0.417 e. The zero-order chi connectivity index (χ0) is 12.5. The van der Waals surface area contributed by atoms with Gasteiger partial charge in [-0.25, -0.2) is 0 Å². The third-order valence-corrected chi connectivity index (χ3v) is 2.90. The molecular weight excluding hydrogens is 216 g/mol. The molecule has 1 aromatic rings. The Bertz CT molecular complexity index is 461. The summed E-state index contributed by atoms with van der Waals surface area (Å²) in [5, 5.41) is 12.6. The summed E-state index contributed by atoms with van der Waals surface area (Å²) in [4.78, 5) is 0. The van der Waals surface area contributed by atoms with Crippen LogP contribution in [0.15, 0.2) is 15.6 Å². The highest BCUT2D eigenvalue weighted by Gasteiger charge is 2.39. The molecule has 2 rings (SSSR count). The van der Waals surface area contributed by atoms with Crippen molar-refractivity contribution in [3.05, 3.63) is 17.9 Å². The molecule has 0 bridgehead atoms. The fourth-order valence-electron chi connectivity index (χ4n) is 2.21. The van der Waals surface area contributed by atoms with Gasteiger partial charge in [0.1, 0.15) is 13.1 Å². The van der Waals surface area contributed by atoms with Gasteiger partial charge in [-0.15, -0.1) is 10.2 Å². The molecule has 0 aromatic carbocycles. The van der Waals surface area contributed by atoms with Crippen molar-refractivity contribution in [3.8, 4) is 0 Å². The van der Waals surface area contributed by atoms with Crippen molar-refractivity contribution in [1.82, 2.24) is 10.2 Å². The molecule has 0 spiro atoms. The lowest BCUT2D eigenvalue weighted by molar-refractivity contribution is -0.866. The van der Waals surface area contributed by atoms with Crippen LogP contribution < -0.4 is 0 Å². The maximum atomic E-state index is 5.52. The molecule has 0 radical (unpaired) electrons. The molecule has 0 saturated carbocycles. The Morgan fingerprint density at radius 3 is 2.65 bits per heavy atom. The first kappa shape index (κ1) is 12.0. The van der Waals surface area contributed by atoms with Gasteiger partial charge in [-0.05, 0) is 6.92 Å². The van der Waals surface area contributed by atoms with Crippen molar-refractivity contribution < 1.29 is 9.01 Å². The lowest BCUT2D eigenvalue weighted by atomic mass is 10.2. The summed E-state index contributed by atoms with van der Waals surface area (Å²) in [6.07, 6.45) is 3.81. The second kappa shape index (κ2) is 4.41. The number of hydrogen-bond donors (Lipinski definition) is 0. The number of hydrogen-bond acceptors (Lipinski definition) is 4. The minimum Gasteiger partial charge on any atom is -0.417 e. The summed E-state index contributed by atoms with van der Waals surface area (Å²) in [7, 11) is 0. The molecule has 1 aliphatic heterocycles. The predicted molar refractivity (Wildman–Crippen MR) is 66.0 cm³/mol. The van der Waals surface area contributed by atoms with Gasteiger partial charge in [0, 0.05) is 18.9 Å². The highest BCUT2D eigenvalue weighted by molar-refractivity contribution is 5.82. The van der Waals surface area contributed by atoms with E-state index in [1.54, 1.807) is 6.92 Å². The summed E-state index contributed by atoms with van der Waals surface area (Å²) in [5.74, 6) is 1.73. The Hall–Kier alpha value is -1.49. The Morgan fingerprint density at radius 1 is 1.35 bits per heavy atom. The Kier molecular flexibility index (Phi) is 3.11. The van der Waals surface area contributed by atoms with Gasteiger partial charge in [0.2, 0.25) is 11.6 Å². The van der Waals surface area contributed by atoms with Gasteiger partial charge in [-0.1, -0.05) is 18.9 Å². The molecule has 5 heteroatoms. The molecule has 92 valence electrons. The first-order valence-electron chi connectivity index (χ1n) is 6.01. The maximum absolute atomic E-state index is 5.52. The van der Waals surface area contributed by atoms with Gasteiger partial charge < -0.3 is 4.42 Å². The standard InChI is InChI=1S/C12H19N4O/c1-5-16(8-9(2)3)11(6-7-13-16)12-15-14-10(4)17-12/h6-7,9H,5,8H2,1-4H3/q+1. The molecule has 1 aliphatic rings. The summed E-state index contributed by atoms with van der Waals surface area (Å²) in [6.45, 7) is 10.2. The third kappa shape index (κ3) is 2.15. The van der Waals surface area contributed by atoms with Gasteiger partial charge >= 0.3 is 5.89 Å². The molecule has 1 atom stereocenters. The summed E-state index contributed by atoms with van der Waals surface area (Å²) in [5.41, 5.74) is 1.00. The summed E-state index contributed by atoms with van der Waals surface area (Å²) < 4.78 is 6.07. The summed E-state index contributed by atoms with van der Waals surface area (Å²) in [6, 6.07) is 0. The molecular formula is C12H19N4O+. The van der Waals surface area contributed by atoms with Crippen LogP contribution in [-0.2, 0) is 0 Å². The molecule has 0 aliphatic carbocycles. The van der Waals surface area contributed by atoms with E-state index in [1.807, 2.05) is 12.3 Å². The number of aromatic nitrogens is 2.